The second kappa shape index (κ2) is 8.76. The highest BCUT2D eigenvalue weighted by atomic mass is 35.5. The quantitative estimate of drug-likeness (QED) is 0.322. The van der Waals surface area contributed by atoms with Crippen LogP contribution in [0.5, 0.6) is 0 Å². The normalized spacial score (nSPS) is 19.0. The number of nitrogens with zero attached hydrogens (tertiary/aromatic N) is 2. The molecule has 1 aliphatic heterocycles. The zero-order chi connectivity index (χ0) is 25.0. The van der Waals surface area contributed by atoms with Crippen LogP contribution in [0, 0.1) is 6.92 Å². The lowest BCUT2D eigenvalue weighted by molar-refractivity contribution is -0.116. The van der Waals surface area contributed by atoms with Gasteiger partial charge in [0.2, 0.25) is 0 Å². The van der Waals surface area contributed by atoms with Crippen molar-refractivity contribution in [1.82, 2.24) is 9.78 Å². The number of hydrogen-bond donors (Lipinski definition) is 2. The van der Waals surface area contributed by atoms with Gasteiger partial charge in [-0.2, -0.15) is 5.10 Å². The van der Waals surface area contributed by atoms with Crippen molar-refractivity contribution in [3.05, 3.63) is 110 Å². The molecule has 2 aromatic carbocycles. The van der Waals surface area contributed by atoms with Crippen molar-refractivity contribution in [2.24, 2.45) is 0 Å². The van der Waals surface area contributed by atoms with Gasteiger partial charge in [-0.3, -0.25) is 4.79 Å². The number of ketones is 1. The Kier molecular flexibility index (Phi) is 5.54. The number of carboxylic acids is 1. The van der Waals surface area contributed by atoms with Crippen molar-refractivity contribution < 1.29 is 14.7 Å². The van der Waals surface area contributed by atoms with Crippen LogP contribution in [0.4, 0.5) is 5.82 Å². The smallest absolute Gasteiger partial charge is 0.337 e. The molecule has 1 aliphatic carbocycles. The van der Waals surface area contributed by atoms with E-state index in [0.29, 0.717) is 29.4 Å². The Labute approximate surface area is 216 Å². The zero-order valence-corrected chi connectivity index (χ0v) is 20.9. The number of aryl methyl sites for hydroxylation is 1. The number of carbonyl (C=O) groups excluding carboxylic acids is 1. The predicted octanol–water partition coefficient (Wildman–Crippen LogP) is 6.55. The van der Waals surface area contributed by atoms with Crippen LogP contribution in [0.3, 0.4) is 0 Å². The van der Waals surface area contributed by atoms with E-state index in [1.165, 1.54) is 4.88 Å². The minimum atomic E-state index is -1.02. The van der Waals surface area contributed by atoms with E-state index in [1.807, 2.05) is 42.6 Å². The fourth-order valence-corrected chi connectivity index (χ4v) is 6.36. The number of Topliss-reactive ketones (excluding diaryl/α,β-unsaturated/α-hetero) is 1. The lowest BCUT2D eigenvalue weighted by atomic mass is 9.73. The van der Waals surface area contributed by atoms with Crippen LogP contribution in [0.2, 0.25) is 5.02 Å². The fraction of sp³-hybridized carbons (Fsp3) is 0.179. The summed E-state index contributed by atoms with van der Waals surface area (Å²) in [5.41, 5.74) is 4.81. The van der Waals surface area contributed by atoms with E-state index in [2.05, 4.69) is 11.4 Å². The third kappa shape index (κ3) is 3.67. The lowest BCUT2D eigenvalue weighted by Crippen LogP contribution is -2.30. The number of halogens is 1. The van der Waals surface area contributed by atoms with Crippen molar-refractivity contribution in [3.63, 3.8) is 0 Å². The second-order valence-corrected chi connectivity index (χ2v) is 10.5. The van der Waals surface area contributed by atoms with Gasteiger partial charge in [-0.1, -0.05) is 41.9 Å². The molecule has 0 saturated heterocycles. The molecule has 2 N–H and O–H groups in total. The van der Waals surface area contributed by atoms with Gasteiger partial charge in [0.25, 0.3) is 0 Å². The van der Waals surface area contributed by atoms with E-state index in [1.54, 1.807) is 40.3 Å². The first-order chi connectivity index (χ1) is 17.4. The van der Waals surface area contributed by atoms with Gasteiger partial charge in [0.05, 0.1) is 16.9 Å². The number of allylic oxidation sites excluding steroid dienone is 2. The lowest BCUT2D eigenvalue weighted by Gasteiger charge is -2.35. The molecule has 2 aliphatic rings. The Hall–Kier alpha value is -3.68. The molecule has 0 radical (unpaired) electrons. The van der Waals surface area contributed by atoms with Crippen LogP contribution in [0.15, 0.2) is 77.3 Å². The Bertz CT molecular complexity index is 1540. The Morgan fingerprint density at radius 1 is 1.11 bits per heavy atom. The predicted molar refractivity (Wildman–Crippen MR) is 141 cm³/mol. The maximum atomic E-state index is 13.7. The minimum Gasteiger partial charge on any atom is -0.478 e. The van der Waals surface area contributed by atoms with E-state index < -0.39 is 5.97 Å². The molecular weight excluding hydrogens is 494 g/mol. The van der Waals surface area contributed by atoms with Crippen LogP contribution < -0.4 is 5.32 Å². The van der Waals surface area contributed by atoms with Crippen LogP contribution in [0.25, 0.3) is 5.69 Å². The van der Waals surface area contributed by atoms with E-state index in [4.69, 9.17) is 16.7 Å². The molecule has 180 valence electrons. The van der Waals surface area contributed by atoms with Crippen LogP contribution in [-0.2, 0) is 4.79 Å². The average Bonchev–Trinajstić information content (AvgIpc) is 3.52. The summed E-state index contributed by atoms with van der Waals surface area (Å²) in [4.78, 5) is 26.9. The Balaban J connectivity index is 1.56. The number of rotatable bonds is 4. The number of carbonyl (C=O) groups is 2. The molecule has 6 nitrogen and oxygen atoms in total. The van der Waals surface area contributed by atoms with Gasteiger partial charge >= 0.3 is 5.97 Å². The summed E-state index contributed by atoms with van der Waals surface area (Å²) in [5.74, 6) is -0.440. The maximum absolute atomic E-state index is 13.7. The first-order valence-corrected chi connectivity index (χ1v) is 12.9. The molecule has 0 fully saturated rings. The van der Waals surface area contributed by atoms with Crippen molar-refractivity contribution in [2.45, 2.75) is 31.6 Å². The van der Waals surface area contributed by atoms with Gasteiger partial charge in [0, 0.05) is 45.0 Å². The van der Waals surface area contributed by atoms with Crippen molar-refractivity contribution in [1.29, 1.82) is 0 Å². The van der Waals surface area contributed by atoms with Crippen LogP contribution >= 0.6 is 22.9 Å². The zero-order valence-electron chi connectivity index (χ0n) is 19.4. The molecule has 2 atom stereocenters. The van der Waals surface area contributed by atoms with Gasteiger partial charge in [-0.05, 0) is 54.6 Å². The molecule has 4 aromatic rings. The summed E-state index contributed by atoms with van der Waals surface area (Å²) < 4.78 is 1.67. The summed E-state index contributed by atoms with van der Waals surface area (Å²) in [6.45, 7) is 1.90. The Morgan fingerprint density at radius 3 is 2.61 bits per heavy atom. The van der Waals surface area contributed by atoms with E-state index >= 15 is 0 Å². The number of aromatic carboxylic acids is 1. The molecule has 0 unspecified atom stereocenters. The summed E-state index contributed by atoms with van der Waals surface area (Å²) in [6, 6.07) is 18.5. The van der Waals surface area contributed by atoms with Crippen molar-refractivity contribution >= 4 is 40.5 Å². The fourth-order valence-electron chi connectivity index (χ4n) is 5.40. The topological polar surface area (TPSA) is 84.2 Å². The Morgan fingerprint density at radius 2 is 1.89 bits per heavy atom. The van der Waals surface area contributed by atoms with E-state index in [-0.39, 0.29) is 23.2 Å². The van der Waals surface area contributed by atoms with Crippen LogP contribution in [-0.4, -0.2) is 26.6 Å². The van der Waals surface area contributed by atoms with Gasteiger partial charge in [-0.15, -0.1) is 11.3 Å². The average molecular weight is 516 g/mol. The monoisotopic (exact) mass is 515 g/mol. The second-order valence-electron chi connectivity index (χ2n) is 9.13. The molecule has 36 heavy (non-hydrogen) atoms. The third-order valence-electron chi connectivity index (χ3n) is 6.97. The molecule has 0 spiro atoms. The number of carboxylic acid groups (broad SMARTS) is 1. The highest BCUT2D eigenvalue weighted by Crippen LogP contribution is 2.50. The van der Waals surface area contributed by atoms with Gasteiger partial charge in [0.1, 0.15) is 5.82 Å². The number of fused-ring (bicyclic) bond motifs is 1. The highest BCUT2D eigenvalue weighted by Gasteiger charge is 2.41. The molecule has 0 bridgehead atoms. The first kappa shape index (κ1) is 22.8. The molecule has 0 saturated carbocycles. The van der Waals surface area contributed by atoms with E-state index in [0.717, 1.165) is 28.1 Å². The summed E-state index contributed by atoms with van der Waals surface area (Å²) in [5, 5.41) is 20.8. The summed E-state index contributed by atoms with van der Waals surface area (Å²) in [7, 11) is 0. The number of nitrogens with one attached hydrogen (secondary N) is 1. The largest absolute Gasteiger partial charge is 0.478 e. The maximum Gasteiger partial charge on any atom is 0.337 e. The molecular formula is C28H22ClN3O3S. The highest BCUT2D eigenvalue weighted by molar-refractivity contribution is 7.10. The molecule has 0 amide bonds. The van der Waals surface area contributed by atoms with Crippen LogP contribution in [0.1, 0.15) is 56.7 Å². The van der Waals surface area contributed by atoms with E-state index in [9.17, 15) is 14.7 Å². The molecule has 6 rings (SSSR count). The number of thiophene rings is 1. The molecule has 2 aromatic heterocycles. The number of aromatic nitrogens is 2. The standard InChI is InChI=1S/C28H22ClN3O3S/c1-15-24-25(16-8-10-18(29)11-9-16)26-20(13-17(14-22(26)33)23-7-4-12-36-23)30-27(24)32(31-15)21-6-3-2-5-19(21)28(34)35/h2-12,17,25,30H,13-14H2,1H3,(H,34,35)/t17-,25-/m0/s1. The third-order valence-corrected chi connectivity index (χ3v) is 8.26. The van der Waals surface area contributed by atoms with Crippen molar-refractivity contribution in [2.75, 3.05) is 5.32 Å². The molecule has 8 heteroatoms. The number of benzene rings is 2. The minimum absolute atomic E-state index is 0.0972. The number of anilines is 1. The molecule has 3 heterocycles. The van der Waals surface area contributed by atoms with Gasteiger partial charge < -0.3 is 10.4 Å². The number of para-hydroxylation sites is 1. The van der Waals surface area contributed by atoms with Gasteiger partial charge in [0.15, 0.2) is 5.78 Å². The SMILES string of the molecule is Cc1nn(-c2ccccc2C(=O)O)c2c1[C@H](c1ccc(Cl)cc1)C1=C(C[C@H](c3cccs3)CC1=O)N2. The first-order valence-electron chi connectivity index (χ1n) is 11.7. The summed E-state index contributed by atoms with van der Waals surface area (Å²) >= 11 is 7.86. The van der Waals surface area contributed by atoms with Crippen molar-refractivity contribution in [3.8, 4) is 5.69 Å². The summed E-state index contributed by atoms with van der Waals surface area (Å²) in [6.07, 6.45) is 1.14. The van der Waals surface area contributed by atoms with Gasteiger partial charge in [-0.25, -0.2) is 9.48 Å². The number of hydrogen-bond acceptors (Lipinski definition) is 5.